The third-order valence-corrected chi connectivity index (χ3v) is 2.67. The summed E-state index contributed by atoms with van der Waals surface area (Å²) in [7, 11) is 0. The topological polar surface area (TPSA) is 79.3 Å². The summed E-state index contributed by atoms with van der Waals surface area (Å²) in [5.74, 6) is -2.24. The maximum absolute atomic E-state index is 13.8. The summed E-state index contributed by atoms with van der Waals surface area (Å²) in [4.78, 5) is 26.1. The van der Waals surface area contributed by atoms with Gasteiger partial charge in [0.1, 0.15) is 5.82 Å². The molecule has 0 fully saturated rings. The standard InChI is InChI=1S/C13H11FN2O3/c1-2-10(17)16-9-4-3-8(14)11-7(9)5-6-15-12(11)13(18)19/h3-6H,2H2,1H3,(H,16,17)(H,18,19). The van der Waals surface area contributed by atoms with Gasteiger partial charge in [-0.25, -0.2) is 14.2 Å². The van der Waals surface area contributed by atoms with Crippen molar-refractivity contribution in [2.45, 2.75) is 13.3 Å². The van der Waals surface area contributed by atoms with Crippen LogP contribution in [0.15, 0.2) is 24.4 Å². The number of anilines is 1. The first kappa shape index (κ1) is 12.9. The van der Waals surface area contributed by atoms with E-state index in [-0.39, 0.29) is 23.4 Å². The molecule has 2 rings (SSSR count). The number of nitrogens with zero attached hydrogens (tertiary/aromatic N) is 1. The van der Waals surface area contributed by atoms with Crippen molar-refractivity contribution in [2.75, 3.05) is 5.32 Å². The fourth-order valence-electron chi connectivity index (χ4n) is 1.77. The van der Waals surface area contributed by atoms with Crippen molar-refractivity contribution >= 4 is 28.3 Å². The van der Waals surface area contributed by atoms with Crippen molar-refractivity contribution in [3.63, 3.8) is 0 Å². The molecule has 0 unspecified atom stereocenters. The van der Waals surface area contributed by atoms with E-state index < -0.39 is 11.8 Å². The molecule has 1 heterocycles. The van der Waals surface area contributed by atoms with Crippen molar-refractivity contribution < 1.29 is 19.1 Å². The number of carboxylic acid groups (broad SMARTS) is 1. The van der Waals surface area contributed by atoms with Crippen LogP contribution in [0.4, 0.5) is 10.1 Å². The number of nitrogens with one attached hydrogen (secondary N) is 1. The maximum Gasteiger partial charge on any atom is 0.355 e. The Bertz CT molecular complexity index is 670. The second-order valence-electron chi connectivity index (χ2n) is 3.88. The van der Waals surface area contributed by atoms with Crippen LogP contribution in [0.25, 0.3) is 10.8 Å². The number of fused-ring (bicyclic) bond motifs is 1. The van der Waals surface area contributed by atoms with E-state index in [1.165, 1.54) is 18.3 Å². The van der Waals surface area contributed by atoms with Crippen LogP contribution in [0, 0.1) is 5.82 Å². The number of hydrogen-bond donors (Lipinski definition) is 2. The Hall–Kier alpha value is -2.50. The van der Waals surface area contributed by atoms with E-state index in [1.54, 1.807) is 6.92 Å². The molecule has 0 radical (unpaired) electrons. The summed E-state index contributed by atoms with van der Waals surface area (Å²) in [5, 5.41) is 11.8. The van der Waals surface area contributed by atoms with Gasteiger partial charge in [-0.05, 0) is 18.2 Å². The van der Waals surface area contributed by atoms with Crippen LogP contribution in [0.3, 0.4) is 0 Å². The molecule has 1 aromatic heterocycles. The fourth-order valence-corrected chi connectivity index (χ4v) is 1.77. The molecular weight excluding hydrogens is 251 g/mol. The van der Waals surface area contributed by atoms with Crippen molar-refractivity contribution in [1.82, 2.24) is 4.98 Å². The number of rotatable bonds is 3. The SMILES string of the molecule is CCC(=O)Nc1ccc(F)c2c(C(=O)O)nccc12. The summed E-state index contributed by atoms with van der Waals surface area (Å²) in [5.41, 5.74) is -0.00394. The molecule has 0 aliphatic heterocycles. The average Bonchev–Trinajstić information content (AvgIpc) is 2.41. The second-order valence-corrected chi connectivity index (χ2v) is 3.88. The third-order valence-electron chi connectivity index (χ3n) is 2.67. The van der Waals surface area contributed by atoms with E-state index >= 15 is 0 Å². The molecule has 2 N–H and O–H groups in total. The van der Waals surface area contributed by atoms with E-state index in [0.717, 1.165) is 6.07 Å². The van der Waals surface area contributed by atoms with Crippen LogP contribution in [0.1, 0.15) is 23.8 Å². The second kappa shape index (κ2) is 5.01. The molecule has 6 heteroatoms. The molecule has 1 amide bonds. The quantitative estimate of drug-likeness (QED) is 0.890. The molecule has 2 aromatic rings. The Morgan fingerprint density at radius 3 is 2.74 bits per heavy atom. The highest BCUT2D eigenvalue weighted by Crippen LogP contribution is 2.27. The number of aromatic nitrogens is 1. The molecule has 5 nitrogen and oxygen atoms in total. The van der Waals surface area contributed by atoms with Gasteiger partial charge in [0.05, 0.1) is 5.39 Å². The monoisotopic (exact) mass is 262 g/mol. The fraction of sp³-hybridized carbons (Fsp3) is 0.154. The summed E-state index contributed by atoms with van der Waals surface area (Å²) >= 11 is 0. The van der Waals surface area contributed by atoms with E-state index in [1.807, 2.05) is 0 Å². The minimum absolute atomic E-state index is 0.107. The Morgan fingerprint density at radius 1 is 1.37 bits per heavy atom. The highest BCUT2D eigenvalue weighted by molar-refractivity contribution is 6.08. The van der Waals surface area contributed by atoms with Gasteiger partial charge in [-0.1, -0.05) is 6.92 Å². The minimum atomic E-state index is -1.32. The molecular formula is C13H11FN2O3. The van der Waals surface area contributed by atoms with E-state index in [2.05, 4.69) is 10.3 Å². The lowest BCUT2D eigenvalue weighted by Crippen LogP contribution is -2.11. The molecule has 1 aromatic carbocycles. The lowest BCUT2D eigenvalue weighted by Gasteiger charge is -2.09. The minimum Gasteiger partial charge on any atom is -0.476 e. The van der Waals surface area contributed by atoms with E-state index in [0.29, 0.717) is 11.1 Å². The molecule has 0 spiro atoms. The molecule has 0 saturated heterocycles. The Morgan fingerprint density at radius 2 is 2.11 bits per heavy atom. The lowest BCUT2D eigenvalue weighted by molar-refractivity contribution is -0.115. The number of carbonyl (C=O) groups excluding carboxylic acids is 1. The first-order chi connectivity index (χ1) is 9.04. The van der Waals surface area contributed by atoms with Crippen LogP contribution in [0.2, 0.25) is 0 Å². The van der Waals surface area contributed by atoms with Gasteiger partial charge in [-0.3, -0.25) is 4.79 Å². The van der Waals surface area contributed by atoms with Gasteiger partial charge in [-0.2, -0.15) is 0 Å². The van der Waals surface area contributed by atoms with Crippen molar-refractivity contribution in [2.24, 2.45) is 0 Å². The summed E-state index contributed by atoms with van der Waals surface area (Å²) in [6.45, 7) is 1.69. The molecule has 0 atom stereocenters. The maximum atomic E-state index is 13.8. The van der Waals surface area contributed by atoms with Crippen LogP contribution < -0.4 is 5.32 Å². The summed E-state index contributed by atoms with van der Waals surface area (Å²) in [6.07, 6.45) is 1.54. The molecule has 0 aliphatic carbocycles. The molecule has 19 heavy (non-hydrogen) atoms. The van der Waals surface area contributed by atoms with Gasteiger partial charge >= 0.3 is 5.97 Å². The summed E-state index contributed by atoms with van der Waals surface area (Å²) < 4.78 is 13.8. The van der Waals surface area contributed by atoms with Crippen molar-refractivity contribution in [3.05, 3.63) is 35.9 Å². The highest BCUT2D eigenvalue weighted by Gasteiger charge is 2.16. The number of pyridine rings is 1. The van der Waals surface area contributed by atoms with Crippen LogP contribution in [-0.2, 0) is 4.79 Å². The first-order valence-corrected chi connectivity index (χ1v) is 5.65. The molecule has 98 valence electrons. The Kier molecular flexibility index (Phi) is 3.41. The van der Waals surface area contributed by atoms with Gasteiger partial charge in [0.25, 0.3) is 0 Å². The van der Waals surface area contributed by atoms with Gasteiger partial charge in [0.15, 0.2) is 5.69 Å². The number of hydrogen-bond acceptors (Lipinski definition) is 3. The zero-order valence-electron chi connectivity index (χ0n) is 10.1. The lowest BCUT2D eigenvalue weighted by atomic mass is 10.1. The van der Waals surface area contributed by atoms with Crippen LogP contribution >= 0.6 is 0 Å². The van der Waals surface area contributed by atoms with Gasteiger partial charge < -0.3 is 10.4 Å². The summed E-state index contributed by atoms with van der Waals surface area (Å²) in [6, 6.07) is 3.98. The molecule has 0 saturated carbocycles. The van der Waals surface area contributed by atoms with Gasteiger partial charge in [0, 0.05) is 23.7 Å². The number of carboxylic acids is 1. The van der Waals surface area contributed by atoms with Crippen molar-refractivity contribution in [1.29, 1.82) is 0 Å². The number of halogens is 1. The number of carbonyl (C=O) groups is 2. The van der Waals surface area contributed by atoms with Gasteiger partial charge in [-0.15, -0.1) is 0 Å². The number of benzene rings is 1. The zero-order valence-corrected chi connectivity index (χ0v) is 10.1. The van der Waals surface area contributed by atoms with Gasteiger partial charge in [0.2, 0.25) is 5.91 Å². The van der Waals surface area contributed by atoms with Crippen LogP contribution in [0.5, 0.6) is 0 Å². The smallest absolute Gasteiger partial charge is 0.355 e. The van der Waals surface area contributed by atoms with E-state index in [9.17, 15) is 14.0 Å². The third kappa shape index (κ3) is 2.37. The van der Waals surface area contributed by atoms with Crippen molar-refractivity contribution in [3.8, 4) is 0 Å². The van der Waals surface area contributed by atoms with E-state index in [4.69, 9.17) is 5.11 Å². The number of amides is 1. The number of aromatic carboxylic acids is 1. The molecule has 0 aliphatic rings. The predicted octanol–water partition coefficient (Wildman–Crippen LogP) is 2.42. The Balaban J connectivity index is 2.69. The Labute approximate surface area is 108 Å². The normalized spacial score (nSPS) is 10.4. The highest BCUT2D eigenvalue weighted by atomic mass is 19.1. The average molecular weight is 262 g/mol. The molecule has 0 bridgehead atoms. The largest absolute Gasteiger partial charge is 0.476 e. The van der Waals surface area contributed by atoms with Crippen LogP contribution in [-0.4, -0.2) is 22.0 Å². The first-order valence-electron chi connectivity index (χ1n) is 5.65. The zero-order chi connectivity index (χ0) is 14.0. The predicted molar refractivity (Wildman–Crippen MR) is 67.6 cm³/mol.